The van der Waals surface area contributed by atoms with E-state index in [2.05, 4.69) is 10.3 Å². The van der Waals surface area contributed by atoms with Crippen LogP contribution in [0.4, 0.5) is 5.88 Å². The van der Waals surface area contributed by atoms with Crippen LogP contribution in [0.3, 0.4) is 0 Å². The Morgan fingerprint density at radius 1 is 1.23 bits per heavy atom. The summed E-state index contributed by atoms with van der Waals surface area (Å²) in [6.45, 7) is 0.433. The summed E-state index contributed by atoms with van der Waals surface area (Å²) >= 11 is 6.14. The molecule has 130 valence electrons. The Balaban J connectivity index is 1.75. The van der Waals surface area contributed by atoms with Crippen LogP contribution in [0.5, 0.6) is 5.75 Å². The number of hydrogen-bond acceptors (Lipinski definition) is 5. The highest BCUT2D eigenvalue weighted by molar-refractivity contribution is 6.31. The van der Waals surface area contributed by atoms with Crippen molar-refractivity contribution < 1.29 is 9.15 Å². The third-order valence-corrected chi connectivity index (χ3v) is 4.03. The van der Waals surface area contributed by atoms with E-state index in [0.717, 1.165) is 16.9 Å². The number of methoxy groups -OCH3 is 1. The van der Waals surface area contributed by atoms with Gasteiger partial charge >= 0.3 is 0 Å². The lowest BCUT2D eigenvalue weighted by atomic mass is 10.2. The molecule has 0 fully saturated rings. The van der Waals surface area contributed by atoms with Crippen molar-refractivity contribution in [1.29, 1.82) is 5.26 Å². The number of ether oxygens (including phenoxy) is 1. The molecule has 0 unspecified atom stereocenters. The standard InChI is InChI=1S/C20H16ClN3O2/c1-25-16-7-4-5-14(11-16)9-10-19-24-18(12-22)20(26-19)23-13-15-6-2-3-8-17(15)21/h2-11,23H,13H2,1H3. The summed E-state index contributed by atoms with van der Waals surface area (Å²) in [7, 11) is 1.62. The average molecular weight is 366 g/mol. The zero-order valence-electron chi connectivity index (χ0n) is 14.1. The predicted octanol–water partition coefficient (Wildman–Crippen LogP) is 4.99. The van der Waals surface area contributed by atoms with Crippen molar-refractivity contribution in [2.24, 2.45) is 0 Å². The first-order valence-electron chi connectivity index (χ1n) is 7.90. The molecule has 1 aromatic heterocycles. The van der Waals surface area contributed by atoms with Gasteiger partial charge in [-0.3, -0.25) is 0 Å². The molecule has 2 aromatic carbocycles. The Labute approximate surface area is 156 Å². The Morgan fingerprint density at radius 2 is 2.08 bits per heavy atom. The fourth-order valence-corrected chi connectivity index (χ4v) is 2.54. The molecule has 0 atom stereocenters. The second kappa shape index (κ2) is 8.24. The molecule has 0 saturated heterocycles. The van der Waals surface area contributed by atoms with E-state index in [1.807, 2.05) is 60.7 Å². The number of hydrogen-bond donors (Lipinski definition) is 1. The normalized spacial score (nSPS) is 10.7. The number of nitrogens with one attached hydrogen (secondary N) is 1. The van der Waals surface area contributed by atoms with Crippen LogP contribution in [0, 0.1) is 11.3 Å². The zero-order chi connectivity index (χ0) is 18.4. The van der Waals surface area contributed by atoms with E-state index in [1.54, 1.807) is 13.2 Å². The molecule has 0 saturated carbocycles. The van der Waals surface area contributed by atoms with Crippen LogP contribution in [-0.4, -0.2) is 12.1 Å². The van der Waals surface area contributed by atoms with Crippen LogP contribution < -0.4 is 10.1 Å². The number of rotatable bonds is 6. The fraction of sp³-hybridized carbons (Fsp3) is 0.100. The number of halogens is 1. The topological polar surface area (TPSA) is 71.1 Å². The number of nitriles is 1. The van der Waals surface area contributed by atoms with Crippen molar-refractivity contribution >= 4 is 29.6 Å². The smallest absolute Gasteiger partial charge is 0.232 e. The molecule has 6 heteroatoms. The van der Waals surface area contributed by atoms with E-state index in [0.29, 0.717) is 23.3 Å². The van der Waals surface area contributed by atoms with Crippen molar-refractivity contribution in [3.05, 3.63) is 76.3 Å². The van der Waals surface area contributed by atoms with Crippen molar-refractivity contribution in [2.75, 3.05) is 12.4 Å². The minimum atomic E-state index is 0.197. The molecule has 0 spiro atoms. The molecule has 26 heavy (non-hydrogen) atoms. The van der Waals surface area contributed by atoms with Gasteiger partial charge in [0.15, 0.2) is 0 Å². The molecule has 0 amide bonds. The van der Waals surface area contributed by atoms with E-state index in [9.17, 15) is 5.26 Å². The summed E-state index contributed by atoms with van der Waals surface area (Å²) in [6.07, 6.45) is 3.55. The first-order chi connectivity index (χ1) is 12.7. The van der Waals surface area contributed by atoms with Gasteiger partial charge in [-0.2, -0.15) is 10.2 Å². The average Bonchev–Trinajstić information content (AvgIpc) is 3.08. The monoisotopic (exact) mass is 365 g/mol. The summed E-state index contributed by atoms with van der Waals surface area (Å²) in [5.74, 6) is 1.42. The second-order valence-electron chi connectivity index (χ2n) is 5.40. The van der Waals surface area contributed by atoms with Crippen LogP contribution in [0.2, 0.25) is 5.02 Å². The number of anilines is 1. The van der Waals surface area contributed by atoms with Crippen LogP contribution in [0.15, 0.2) is 52.9 Å². The lowest BCUT2D eigenvalue weighted by molar-refractivity contribution is 0.414. The molecule has 0 aliphatic carbocycles. The molecular formula is C20H16ClN3O2. The van der Waals surface area contributed by atoms with E-state index < -0.39 is 0 Å². The Morgan fingerprint density at radius 3 is 2.85 bits per heavy atom. The van der Waals surface area contributed by atoms with Crippen LogP contribution in [0.1, 0.15) is 22.7 Å². The van der Waals surface area contributed by atoms with Crippen molar-refractivity contribution in [1.82, 2.24) is 4.98 Å². The molecule has 1 heterocycles. The maximum atomic E-state index is 9.26. The molecule has 1 N–H and O–H groups in total. The molecule has 5 nitrogen and oxygen atoms in total. The highest BCUT2D eigenvalue weighted by Crippen LogP contribution is 2.22. The van der Waals surface area contributed by atoms with Crippen LogP contribution >= 0.6 is 11.6 Å². The van der Waals surface area contributed by atoms with Gasteiger partial charge in [-0.05, 0) is 35.4 Å². The quantitative estimate of drug-likeness (QED) is 0.666. The molecule has 3 rings (SSSR count). The largest absolute Gasteiger partial charge is 0.497 e. The van der Waals surface area contributed by atoms with E-state index in [-0.39, 0.29) is 5.69 Å². The third kappa shape index (κ3) is 4.24. The maximum absolute atomic E-state index is 9.26. The van der Waals surface area contributed by atoms with E-state index >= 15 is 0 Å². The molecule has 0 radical (unpaired) electrons. The summed E-state index contributed by atoms with van der Waals surface area (Å²) in [5, 5.41) is 13.0. The summed E-state index contributed by atoms with van der Waals surface area (Å²) in [4.78, 5) is 4.18. The van der Waals surface area contributed by atoms with Gasteiger partial charge in [0.25, 0.3) is 0 Å². The van der Waals surface area contributed by atoms with Crippen molar-refractivity contribution in [3.63, 3.8) is 0 Å². The Hall–Kier alpha value is -3.23. The van der Waals surface area contributed by atoms with Gasteiger partial charge in [0.1, 0.15) is 11.8 Å². The molecule has 0 aliphatic heterocycles. The lowest BCUT2D eigenvalue weighted by Crippen LogP contribution is -2.00. The summed E-state index contributed by atoms with van der Waals surface area (Å²) < 4.78 is 10.8. The minimum absolute atomic E-state index is 0.197. The second-order valence-corrected chi connectivity index (χ2v) is 5.80. The van der Waals surface area contributed by atoms with Gasteiger partial charge in [-0.1, -0.05) is 41.9 Å². The highest BCUT2D eigenvalue weighted by Gasteiger charge is 2.11. The number of aromatic nitrogens is 1. The maximum Gasteiger partial charge on any atom is 0.232 e. The van der Waals surface area contributed by atoms with Gasteiger partial charge in [-0.25, -0.2) is 0 Å². The Bertz CT molecular complexity index is 973. The first-order valence-corrected chi connectivity index (χ1v) is 8.27. The Kier molecular flexibility index (Phi) is 5.57. The van der Waals surface area contributed by atoms with Crippen LogP contribution in [-0.2, 0) is 6.54 Å². The molecule has 0 bridgehead atoms. The first kappa shape index (κ1) is 17.6. The van der Waals surface area contributed by atoms with E-state index in [1.165, 1.54) is 0 Å². The van der Waals surface area contributed by atoms with E-state index in [4.69, 9.17) is 20.8 Å². The molecule has 0 aliphatic rings. The minimum Gasteiger partial charge on any atom is -0.497 e. The van der Waals surface area contributed by atoms with Gasteiger partial charge < -0.3 is 14.5 Å². The lowest BCUT2D eigenvalue weighted by Gasteiger charge is -2.04. The summed E-state index contributed by atoms with van der Waals surface area (Å²) in [6, 6.07) is 17.1. The van der Waals surface area contributed by atoms with Gasteiger partial charge in [0, 0.05) is 17.6 Å². The van der Waals surface area contributed by atoms with Crippen molar-refractivity contribution in [2.45, 2.75) is 6.54 Å². The summed E-state index contributed by atoms with van der Waals surface area (Å²) in [5.41, 5.74) is 2.04. The number of oxazole rings is 1. The predicted molar refractivity (Wildman–Crippen MR) is 102 cm³/mol. The van der Waals surface area contributed by atoms with Gasteiger partial charge in [0.2, 0.25) is 17.5 Å². The SMILES string of the molecule is COc1cccc(C=Cc2nc(C#N)c(NCc3ccccc3Cl)o2)c1. The number of nitrogens with zero attached hydrogens (tertiary/aromatic N) is 2. The van der Waals surface area contributed by atoms with Crippen molar-refractivity contribution in [3.8, 4) is 11.8 Å². The van der Waals surface area contributed by atoms with Crippen LogP contribution in [0.25, 0.3) is 12.2 Å². The highest BCUT2D eigenvalue weighted by atomic mass is 35.5. The zero-order valence-corrected chi connectivity index (χ0v) is 14.8. The fourth-order valence-electron chi connectivity index (χ4n) is 2.33. The third-order valence-electron chi connectivity index (χ3n) is 3.66. The molecular weight excluding hydrogens is 350 g/mol. The van der Waals surface area contributed by atoms with Gasteiger partial charge in [-0.15, -0.1) is 0 Å². The van der Waals surface area contributed by atoms with Gasteiger partial charge in [0.05, 0.1) is 7.11 Å². The number of benzene rings is 2. The molecule has 3 aromatic rings.